The molecule has 0 unspecified atom stereocenters. The van der Waals surface area contributed by atoms with E-state index in [0.29, 0.717) is 20.9 Å². The summed E-state index contributed by atoms with van der Waals surface area (Å²) in [6, 6.07) is 6.66. The minimum atomic E-state index is -4.39. The highest BCUT2D eigenvalue weighted by Crippen LogP contribution is 2.19. The molecular formula is C12H10F3NO. The van der Waals surface area contributed by atoms with Crippen LogP contribution in [0.2, 0.25) is 0 Å². The van der Waals surface area contributed by atoms with Crippen molar-refractivity contribution in [3.63, 3.8) is 0 Å². The van der Waals surface area contributed by atoms with E-state index in [0.717, 1.165) is 0 Å². The molecule has 0 saturated carbocycles. The van der Waals surface area contributed by atoms with Gasteiger partial charge in [0.2, 0.25) is 0 Å². The zero-order valence-electron chi connectivity index (χ0n) is 9.08. The molecule has 0 amide bonds. The zero-order valence-corrected chi connectivity index (χ0v) is 9.08. The van der Waals surface area contributed by atoms with Crippen molar-refractivity contribution >= 4 is 10.8 Å². The second kappa shape index (κ2) is 3.91. The van der Waals surface area contributed by atoms with Gasteiger partial charge in [0.1, 0.15) is 6.54 Å². The van der Waals surface area contributed by atoms with Crippen molar-refractivity contribution in [2.75, 3.05) is 0 Å². The highest BCUT2D eigenvalue weighted by Gasteiger charge is 2.28. The highest BCUT2D eigenvalue weighted by molar-refractivity contribution is 5.84. The third kappa shape index (κ3) is 2.33. The van der Waals surface area contributed by atoms with Crippen LogP contribution in [0.15, 0.2) is 35.3 Å². The van der Waals surface area contributed by atoms with E-state index >= 15 is 0 Å². The number of hydrogen-bond donors (Lipinski definition) is 0. The van der Waals surface area contributed by atoms with Crippen LogP contribution in [0, 0.1) is 6.92 Å². The van der Waals surface area contributed by atoms with E-state index in [2.05, 4.69) is 0 Å². The number of halogens is 3. The number of alkyl halides is 3. The van der Waals surface area contributed by atoms with Crippen LogP contribution >= 0.6 is 0 Å². The van der Waals surface area contributed by atoms with E-state index < -0.39 is 18.3 Å². The topological polar surface area (TPSA) is 22.0 Å². The molecule has 0 bridgehead atoms. The Balaban J connectivity index is 2.68. The maximum atomic E-state index is 12.3. The van der Waals surface area contributed by atoms with Gasteiger partial charge in [-0.1, -0.05) is 18.2 Å². The van der Waals surface area contributed by atoms with Crippen LogP contribution in [-0.4, -0.2) is 10.7 Å². The van der Waals surface area contributed by atoms with Gasteiger partial charge in [0.25, 0.3) is 5.56 Å². The lowest BCUT2D eigenvalue weighted by Crippen LogP contribution is -2.28. The second-order valence-electron chi connectivity index (χ2n) is 3.91. The summed E-state index contributed by atoms with van der Waals surface area (Å²) >= 11 is 0. The molecule has 2 nitrogen and oxygen atoms in total. The number of pyridine rings is 1. The Morgan fingerprint density at radius 1 is 1.18 bits per heavy atom. The molecule has 1 aromatic carbocycles. The Labute approximate surface area is 95.3 Å². The highest BCUT2D eigenvalue weighted by atomic mass is 19.4. The van der Waals surface area contributed by atoms with Gasteiger partial charge in [-0.25, -0.2) is 0 Å². The molecule has 2 rings (SSSR count). The van der Waals surface area contributed by atoms with Crippen LogP contribution in [0.5, 0.6) is 0 Å². The minimum Gasteiger partial charge on any atom is -0.306 e. The van der Waals surface area contributed by atoms with Gasteiger partial charge < -0.3 is 4.57 Å². The number of aromatic nitrogens is 1. The number of nitrogens with zero attached hydrogens (tertiary/aromatic N) is 1. The van der Waals surface area contributed by atoms with Crippen molar-refractivity contribution in [2.24, 2.45) is 0 Å². The molecule has 0 fully saturated rings. The minimum absolute atomic E-state index is 0.316. The molecule has 2 aromatic rings. The number of rotatable bonds is 1. The van der Waals surface area contributed by atoms with Crippen molar-refractivity contribution in [3.8, 4) is 0 Å². The van der Waals surface area contributed by atoms with Crippen molar-refractivity contribution in [2.45, 2.75) is 19.6 Å². The van der Waals surface area contributed by atoms with Gasteiger partial charge in [0, 0.05) is 11.6 Å². The standard InChI is InChI=1S/C12H10F3NO/c1-8-6-16(7-12(13,14)15)11(17)10-5-3-2-4-9(8)10/h2-6H,7H2,1H3. The lowest BCUT2D eigenvalue weighted by molar-refractivity contribution is -0.141. The van der Waals surface area contributed by atoms with Crippen LogP contribution in [0.25, 0.3) is 10.8 Å². The molecule has 0 saturated heterocycles. The first-order valence-corrected chi connectivity index (χ1v) is 5.04. The van der Waals surface area contributed by atoms with E-state index in [4.69, 9.17) is 0 Å². The number of fused-ring (bicyclic) bond motifs is 1. The summed E-state index contributed by atoms with van der Waals surface area (Å²) in [4.78, 5) is 11.8. The van der Waals surface area contributed by atoms with Gasteiger partial charge in [-0.2, -0.15) is 13.2 Å². The predicted octanol–water partition coefficient (Wildman–Crippen LogP) is 2.87. The predicted molar refractivity (Wildman–Crippen MR) is 59.0 cm³/mol. The van der Waals surface area contributed by atoms with E-state index in [1.165, 1.54) is 12.3 Å². The fourth-order valence-electron chi connectivity index (χ4n) is 1.84. The lowest BCUT2D eigenvalue weighted by Gasteiger charge is -2.11. The van der Waals surface area contributed by atoms with Crippen LogP contribution in [0.4, 0.5) is 13.2 Å². The fraction of sp³-hybridized carbons (Fsp3) is 0.250. The molecule has 90 valence electrons. The first-order valence-electron chi connectivity index (χ1n) is 5.04. The molecule has 0 atom stereocenters. The molecule has 0 aliphatic carbocycles. The van der Waals surface area contributed by atoms with Gasteiger partial charge in [-0.15, -0.1) is 0 Å². The summed E-state index contributed by atoms with van der Waals surface area (Å²) in [6.07, 6.45) is -3.14. The van der Waals surface area contributed by atoms with E-state index in [-0.39, 0.29) is 0 Å². The third-order valence-electron chi connectivity index (χ3n) is 2.54. The van der Waals surface area contributed by atoms with Crippen LogP contribution < -0.4 is 5.56 Å². The maximum absolute atomic E-state index is 12.3. The molecular weight excluding hydrogens is 231 g/mol. The van der Waals surface area contributed by atoms with Crippen LogP contribution in [0.1, 0.15) is 5.56 Å². The van der Waals surface area contributed by atoms with Gasteiger partial charge in [0.15, 0.2) is 0 Å². The van der Waals surface area contributed by atoms with E-state index in [1.807, 2.05) is 0 Å². The Morgan fingerprint density at radius 3 is 2.35 bits per heavy atom. The van der Waals surface area contributed by atoms with E-state index in [9.17, 15) is 18.0 Å². The molecule has 0 aliphatic rings. The molecule has 1 heterocycles. The van der Waals surface area contributed by atoms with Crippen molar-refractivity contribution in [1.82, 2.24) is 4.57 Å². The Hall–Kier alpha value is -1.78. The first-order chi connectivity index (χ1) is 7.88. The Morgan fingerprint density at radius 2 is 1.76 bits per heavy atom. The molecule has 17 heavy (non-hydrogen) atoms. The van der Waals surface area contributed by atoms with Gasteiger partial charge in [-0.3, -0.25) is 4.79 Å². The van der Waals surface area contributed by atoms with Gasteiger partial charge >= 0.3 is 6.18 Å². The monoisotopic (exact) mass is 241 g/mol. The molecule has 0 radical (unpaired) electrons. The summed E-state index contributed by atoms with van der Waals surface area (Å²) in [5.74, 6) is 0. The first kappa shape index (κ1) is 11.7. The molecule has 0 N–H and O–H groups in total. The normalized spacial score (nSPS) is 12.0. The Kier molecular flexibility index (Phi) is 2.69. The molecule has 0 aliphatic heterocycles. The van der Waals surface area contributed by atoms with Crippen molar-refractivity contribution in [3.05, 3.63) is 46.4 Å². The average Bonchev–Trinajstić information content (AvgIpc) is 2.24. The van der Waals surface area contributed by atoms with Crippen LogP contribution in [-0.2, 0) is 6.54 Å². The zero-order chi connectivity index (χ0) is 12.6. The number of benzene rings is 1. The Bertz CT molecular complexity index is 613. The fourth-order valence-corrected chi connectivity index (χ4v) is 1.84. The van der Waals surface area contributed by atoms with Gasteiger partial charge in [0.05, 0.1) is 0 Å². The maximum Gasteiger partial charge on any atom is 0.406 e. The number of hydrogen-bond acceptors (Lipinski definition) is 1. The summed E-state index contributed by atoms with van der Waals surface area (Å²) in [6.45, 7) is 0.437. The molecule has 1 aromatic heterocycles. The SMILES string of the molecule is Cc1cn(CC(F)(F)F)c(=O)c2ccccc12. The lowest BCUT2D eigenvalue weighted by atomic mass is 10.1. The van der Waals surface area contributed by atoms with Crippen LogP contribution in [0.3, 0.4) is 0 Å². The van der Waals surface area contributed by atoms with Gasteiger partial charge in [-0.05, 0) is 23.9 Å². The summed E-state index contributed by atoms with van der Waals surface area (Å²) < 4.78 is 37.6. The molecule has 0 spiro atoms. The summed E-state index contributed by atoms with van der Waals surface area (Å²) in [5, 5.41) is 1.01. The smallest absolute Gasteiger partial charge is 0.306 e. The largest absolute Gasteiger partial charge is 0.406 e. The van der Waals surface area contributed by atoms with Crippen molar-refractivity contribution < 1.29 is 13.2 Å². The number of aryl methyl sites for hydroxylation is 1. The average molecular weight is 241 g/mol. The summed E-state index contributed by atoms with van der Waals surface area (Å²) in [7, 11) is 0. The third-order valence-corrected chi connectivity index (χ3v) is 2.54. The summed E-state index contributed by atoms with van der Waals surface area (Å²) in [5.41, 5.74) is 0.0491. The quantitative estimate of drug-likeness (QED) is 0.752. The van der Waals surface area contributed by atoms with E-state index in [1.54, 1.807) is 25.1 Å². The second-order valence-corrected chi connectivity index (χ2v) is 3.91. The molecule has 5 heteroatoms. The van der Waals surface area contributed by atoms with Crippen molar-refractivity contribution in [1.29, 1.82) is 0 Å².